The molecule has 0 saturated carbocycles. The van der Waals surface area contributed by atoms with Crippen LogP contribution >= 0.6 is 22.9 Å². The van der Waals surface area contributed by atoms with Gasteiger partial charge in [0.15, 0.2) is 0 Å². The molecule has 1 aromatic heterocycles. The Kier molecular flexibility index (Phi) is 5.20. The molecule has 1 unspecified atom stereocenters. The number of piperidine rings is 1. The van der Waals surface area contributed by atoms with Crippen LogP contribution in [0.2, 0.25) is 5.02 Å². The monoisotopic (exact) mass is 365 g/mol. The Balaban J connectivity index is 1.60. The van der Waals surface area contributed by atoms with Gasteiger partial charge in [-0.3, -0.25) is 5.32 Å². The molecule has 0 aliphatic carbocycles. The molecule has 2 N–H and O–H groups in total. The first-order valence-electron chi connectivity index (χ1n) is 7.94. The van der Waals surface area contributed by atoms with Crippen LogP contribution in [0.5, 0.6) is 0 Å². The van der Waals surface area contributed by atoms with Gasteiger partial charge >= 0.3 is 6.03 Å². The third-order valence-corrected chi connectivity index (χ3v) is 5.15. The van der Waals surface area contributed by atoms with Crippen molar-refractivity contribution in [3.63, 3.8) is 0 Å². The van der Waals surface area contributed by atoms with Crippen LogP contribution < -0.4 is 15.5 Å². The second-order valence-electron chi connectivity index (χ2n) is 6.15. The summed E-state index contributed by atoms with van der Waals surface area (Å²) in [5, 5.41) is 15.5. The van der Waals surface area contributed by atoms with E-state index in [-0.39, 0.29) is 6.03 Å². The van der Waals surface area contributed by atoms with Crippen molar-refractivity contribution < 1.29 is 4.79 Å². The van der Waals surface area contributed by atoms with Gasteiger partial charge in [-0.05, 0) is 43.4 Å². The molecule has 1 atom stereocenters. The van der Waals surface area contributed by atoms with Crippen molar-refractivity contribution in [2.75, 3.05) is 28.6 Å². The van der Waals surface area contributed by atoms with E-state index in [4.69, 9.17) is 11.6 Å². The highest BCUT2D eigenvalue weighted by atomic mass is 35.5. The van der Waals surface area contributed by atoms with Crippen LogP contribution in [0.3, 0.4) is 0 Å². The molecule has 1 saturated heterocycles. The van der Waals surface area contributed by atoms with E-state index >= 15 is 0 Å². The van der Waals surface area contributed by atoms with Gasteiger partial charge in [0.25, 0.3) is 0 Å². The molecule has 1 fully saturated rings. The Morgan fingerprint density at radius 3 is 2.96 bits per heavy atom. The number of carbonyl (C=O) groups is 1. The van der Waals surface area contributed by atoms with Crippen molar-refractivity contribution in [1.82, 2.24) is 10.2 Å². The first kappa shape index (κ1) is 17.0. The summed E-state index contributed by atoms with van der Waals surface area (Å²) in [6.45, 7) is 6.16. The number of hydrogen-bond donors (Lipinski definition) is 2. The van der Waals surface area contributed by atoms with Crippen LogP contribution in [0.15, 0.2) is 18.2 Å². The fraction of sp³-hybridized carbons (Fsp3) is 0.438. The van der Waals surface area contributed by atoms with Gasteiger partial charge in [0, 0.05) is 13.1 Å². The number of aromatic nitrogens is 2. The summed E-state index contributed by atoms with van der Waals surface area (Å²) in [6, 6.07) is 5.09. The maximum atomic E-state index is 12.1. The van der Waals surface area contributed by atoms with E-state index in [1.165, 1.54) is 17.8 Å². The van der Waals surface area contributed by atoms with Crippen molar-refractivity contribution >= 4 is 44.9 Å². The second kappa shape index (κ2) is 7.36. The largest absolute Gasteiger partial charge is 0.346 e. The van der Waals surface area contributed by atoms with Gasteiger partial charge in [0.05, 0.1) is 10.7 Å². The molecule has 2 aromatic rings. The standard InChI is InChI=1S/C16H20ClN5OS/c1-10-5-6-13(12(17)8-10)18-14(23)19-15-20-21-16(24-15)22-7-3-4-11(2)9-22/h5-6,8,11H,3-4,7,9H2,1-2H3,(H2,18,19,20,23). The molecule has 0 spiro atoms. The van der Waals surface area contributed by atoms with Crippen LogP contribution in [0, 0.1) is 12.8 Å². The molecule has 2 heterocycles. The molecule has 1 aliphatic heterocycles. The zero-order valence-electron chi connectivity index (χ0n) is 13.7. The smallest absolute Gasteiger partial charge is 0.325 e. The maximum absolute atomic E-state index is 12.1. The summed E-state index contributed by atoms with van der Waals surface area (Å²) in [7, 11) is 0. The minimum atomic E-state index is -0.379. The Labute approximate surface area is 150 Å². The second-order valence-corrected chi connectivity index (χ2v) is 7.51. The number of rotatable bonds is 3. The van der Waals surface area contributed by atoms with E-state index in [1.54, 1.807) is 12.1 Å². The predicted octanol–water partition coefficient (Wildman–Crippen LogP) is 4.38. The molecule has 0 bridgehead atoms. The highest BCUT2D eigenvalue weighted by molar-refractivity contribution is 7.19. The molecular formula is C16H20ClN5OS. The molecular weight excluding hydrogens is 346 g/mol. The Morgan fingerprint density at radius 2 is 2.21 bits per heavy atom. The summed E-state index contributed by atoms with van der Waals surface area (Å²) >= 11 is 7.51. The number of amides is 2. The number of nitrogens with zero attached hydrogens (tertiary/aromatic N) is 3. The summed E-state index contributed by atoms with van der Waals surface area (Å²) in [6.07, 6.45) is 2.41. The van der Waals surface area contributed by atoms with Crippen LogP contribution in [0.1, 0.15) is 25.3 Å². The van der Waals surface area contributed by atoms with Crippen molar-refractivity contribution in [3.8, 4) is 0 Å². The van der Waals surface area contributed by atoms with E-state index in [0.717, 1.165) is 30.2 Å². The third-order valence-electron chi connectivity index (χ3n) is 3.94. The summed E-state index contributed by atoms with van der Waals surface area (Å²) in [5.41, 5.74) is 1.60. The van der Waals surface area contributed by atoms with Gasteiger partial charge in [0.1, 0.15) is 0 Å². The Morgan fingerprint density at radius 1 is 1.38 bits per heavy atom. The number of urea groups is 1. The summed E-state index contributed by atoms with van der Waals surface area (Å²) in [5.74, 6) is 0.658. The van der Waals surface area contributed by atoms with Crippen LogP contribution in [-0.2, 0) is 0 Å². The molecule has 2 amide bonds. The number of nitrogens with one attached hydrogen (secondary N) is 2. The van der Waals surface area contributed by atoms with Gasteiger partial charge in [-0.2, -0.15) is 0 Å². The van der Waals surface area contributed by atoms with E-state index in [0.29, 0.717) is 21.8 Å². The lowest BCUT2D eigenvalue weighted by atomic mass is 10.0. The van der Waals surface area contributed by atoms with Crippen LogP contribution in [-0.4, -0.2) is 29.3 Å². The predicted molar refractivity (Wildman–Crippen MR) is 99.4 cm³/mol. The quantitative estimate of drug-likeness (QED) is 0.846. The lowest BCUT2D eigenvalue weighted by Crippen LogP contribution is -2.34. The van der Waals surface area contributed by atoms with E-state index < -0.39 is 0 Å². The number of halogens is 1. The zero-order chi connectivity index (χ0) is 17.1. The van der Waals surface area contributed by atoms with Gasteiger partial charge in [-0.25, -0.2) is 4.79 Å². The number of anilines is 3. The normalized spacial score (nSPS) is 17.6. The average molecular weight is 366 g/mol. The first-order chi connectivity index (χ1) is 11.5. The van der Waals surface area contributed by atoms with Gasteiger partial charge in [0.2, 0.25) is 10.3 Å². The van der Waals surface area contributed by atoms with Crippen LogP contribution in [0.4, 0.5) is 20.7 Å². The summed E-state index contributed by atoms with van der Waals surface area (Å²) in [4.78, 5) is 14.3. The molecule has 1 aliphatic rings. The minimum absolute atomic E-state index is 0.379. The van der Waals surface area contributed by atoms with Crippen molar-refractivity contribution in [3.05, 3.63) is 28.8 Å². The summed E-state index contributed by atoms with van der Waals surface area (Å²) < 4.78 is 0. The van der Waals surface area contributed by atoms with Gasteiger partial charge in [-0.1, -0.05) is 35.9 Å². The highest BCUT2D eigenvalue weighted by Crippen LogP contribution is 2.28. The molecule has 0 radical (unpaired) electrons. The molecule has 1 aromatic carbocycles. The van der Waals surface area contributed by atoms with Crippen molar-refractivity contribution in [2.24, 2.45) is 5.92 Å². The van der Waals surface area contributed by atoms with Crippen LogP contribution in [0.25, 0.3) is 0 Å². The third kappa shape index (κ3) is 4.15. The van der Waals surface area contributed by atoms with Crippen molar-refractivity contribution in [2.45, 2.75) is 26.7 Å². The number of hydrogen-bond acceptors (Lipinski definition) is 5. The van der Waals surface area contributed by atoms with E-state index in [2.05, 4.69) is 32.7 Å². The Hall–Kier alpha value is -1.86. The van der Waals surface area contributed by atoms with E-state index in [1.807, 2.05) is 13.0 Å². The van der Waals surface area contributed by atoms with Crippen molar-refractivity contribution in [1.29, 1.82) is 0 Å². The fourth-order valence-corrected chi connectivity index (χ4v) is 3.79. The average Bonchev–Trinajstić information content (AvgIpc) is 2.98. The molecule has 128 valence electrons. The highest BCUT2D eigenvalue weighted by Gasteiger charge is 2.20. The number of aryl methyl sites for hydroxylation is 1. The van der Waals surface area contributed by atoms with Gasteiger partial charge in [-0.15, -0.1) is 10.2 Å². The minimum Gasteiger partial charge on any atom is -0.346 e. The van der Waals surface area contributed by atoms with Gasteiger partial charge < -0.3 is 10.2 Å². The lowest BCUT2D eigenvalue weighted by Gasteiger charge is -2.29. The molecule has 6 nitrogen and oxygen atoms in total. The lowest BCUT2D eigenvalue weighted by molar-refractivity contribution is 0.262. The SMILES string of the molecule is Cc1ccc(NC(=O)Nc2nnc(N3CCCC(C)C3)s2)c(Cl)c1. The zero-order valence-corrected chi connectivity index (χ0v) is 15.2. The fourth-order valence-electron chi connectivity index (χ4n) is 2.73. The molecule has 24 heavy (non-hydrogen) atoms. The topological polar surface area (TPSA) is 70.1 Å². The Bertz CT molecular complexity index is 735. The van der Waals surface area contributed by atoms with E-state index in [9.17, 15) is 4.79 Å². The molecule has 8 heteroatoms. The first-order valence-corrected chi connectivity index (χ1v) is 9.13. The number of carbonyl (C=O) groups excluding carboxylic acids is 1. The molecule has 3 rings (SSSR count). The maximum Gasteiger partial charge on any atom is 0.325 e. The number of benzene rings is 1.